The molecule has 1 aromatic rings. The quantitative estimate of drug-likeness (QED) is 0.775. The summed E-state index contributed by atoms with van der Waals surface area (Å²) >= 11 is 0. The maximum Gasteiger partial charge on any atom is 0.223 e. The molecule has 4 heteroatoms. The molecule has 28 heavy (non-hydrogen) atoms. The molecule has 1 N–H and O–H groups in total. The molecule has 0 aliphatic carbocycles. The molecule has 2 saturated heterocycles. The lowest BCUT2D eigenvalue weighted by molar-refractivity contribution is -0.126. The molecule has 0 radical (unpaired) electrons. The van der Waals surface area contributed by atoms with E-state index in [1.54, 1.807) is 0 Å². The number of nitrogens with one attached hydrogen (secondary N) is 1. The molecule has 1 atom stereocenters. The molecule has 0 aromatic heterocycles. The van der Waals surface area contributed by atoms with E-state index in [4.69, 9.17) is 0 Å². The van der Waals surface area contributed by atoms with Crippen LogP contribution in [-0.2, 0) is 11.3 Å². The summed E-state index contributed by atoms with van der Waals surface area (Å²) in [7, 11) is 0. The highest BCUT2D eigenvalue weighted by molar-refractivity contribution is 5.78. The van der Waals surface area contributed by atoms with Gasteiger partial charge in [-0.3, -0.25) is 9.69 Å². The van der Waals surface area contributed by atoms with Gasteiger partial charge in [0.25, 0.3) is 0 Å². The number of aryl methyl sites for hydroxylation is 1. The van der Waals surface area contributed by atoms with Gasteiger partial charge in [-0.1, -0.05) is 44.5 Å². The average molecular weight is 386 g/mol. The maximum atomic E-state index is 12.4. The number of hydrogen-bond donors (Lipinski definition) is 1. The van der Waals surface area contributed by atoms with E-state index in [0.29, 0.717) is 12.0 Å². The van der Waals surface area contributed by atoms with Crippen LogP contribution >= 0.6 is 0 Å². The summed E-state index contributed by atoms with van der Waals surface area (Å²) < 4.78 is 0. The van der Waals surface area contributed by atoms with Crippen LogP contribution in [0.1, 0.15) is 57.1 Å². The Labute approximate surface area is 171 Å². The van der Waals surface area contributed by atoms with Crippen molar-refractivity contribution in [3.05, 3.63) is 35.4 Å². The maximum absolute atomic E-state index is 12.4. The first-order valence-corrected chi connectivity index (χ1v) is 11.4. The van der Waals surface area contributed by atoms with Gasteiger partial charge in [0.15, 0.2) is 0 Å². The van der Waals surface area contributed by atoms with Crippen molar-refractivity contribution in [2.75, 3.05) is 32.7 Å². The van der Waals surface area contributed by atoms with Crippen molar-refractivity contribution in [2.24, 2.45) is 11.8 Å². The van der Waals surface area contributed by atoms with Crippen molar-refractivity contribution in [1.82, 2.24) is 15.1 Å². The van der Waals surface area contributed by atoms with E-state index in [1.807, 2.05) is 0 Å². The smallest absolute Gasteiger partial charge is 0.223 e. The Morgan fingerprint density at radius 3 is 2.43 bits per heavy atom. The van der Waals surface area contributed by atoms with Crippen LogP contribution in [0.25, 0.3) is 0 Å². The molecule has 0 spiro atoms. The van der Waals surface area contributed by atoms with Crippen LogP contribution in [0.5, 0.6) is 0 Å². The van der Waals surface area contributed by atoms with Gasteiger partial charge in [0.05, 0.1) is 0 Å². The van der Waals surface area contributed by atoms with Gasteiger partial charge in [0, 0.05) is 25.0 Å². The molecular formula is C24H39N3O. The van der Waals surface area contributed by atoms with Crippen molar-refractivity contribution in [2.45, 2.75) is 65.5 Å². The highest BCUT2D eigenvalue weighted by Gasteiger charge is 2.30. The molecule has 2 fully saturated rings. The topological polar surface area (TPSA) is 35.6 Å². The van der Waals surface area contributed by atoms with Crippen LogP contribution in [0, 0.1) is 18.8 Å². The van der Waals surface area contributed by atoms with Crippen molar-refractivity contribution < 1.29 is 4.79 Å². The second-order valence-electron chi connectivity index (χ2n) is 9.00. The fraction of sp³-hybridized carbons (Fsp3) is 0.708. The van der Waals surface area contributed by atoms with Crippen molar-refractivity contribution in [3.63, 3.8) is 0 Å². The Bertz CT molecular complexity index is 616. The van der Waals surface area contributed by atoms with Gasteiger partial charge < -0.3 is 10.2 Å². The number of rotatable bonds is 7. The highest BCUT2D eigenvalue weighted by Crippen LogP contribution is 2.25. The molecule has 3 rings (SSSR count). The van der Waals surface area contributed by atoms with E-state index in [0.717, 1.165) is 45.4 Å². The van der Waals surface area contributed by atoms with Gasteiger partial charge in [-0.2, -0.15) is 0 Å². The molecule has 0 saturated carbocycles. The SMILES string of the molecule is CCC(C)CNC(=O)C1CCN(C2CCN(Cc3ccccc3C)CC2)CC1. The fourth-order valence-electron chi connectivity index (χ4n) is 4.56. The first kappa shape index (κ1) is 21.3. The summed E-state index contributed by atoms with van der Waals surface area (Å²) in [5.41, 5.74) is 2.86. The van der Waals surface area contributed by atoms with Crippen LogP contribution in [-0.4, -0.2) is 54.5 Å². The molecule has 2 heterocycles. The fourth-order valence-corrected chi connectivity index (χ4v) is 4.56. The summed E-state index contributed by atoms with van der Waals surface area (Å²) in [6.45, 7) is 13.1. The van der Waals surface area contributed by atoms with Gasteiger partial charge in [-0.25, -0.2) is 0 Å². The van der Waals surface area contributed by atoms with E-state index in [2.05, 4.69) is 60.2 Å². The van der Waals surface area contributed by atoms with Crippen LogP contribution in [0.2, 0.25) is 0 Å². The second kappa shape index (κ2) is 10.4. The average Bonchev–Trinajstić information content (AvgIpc) is 2.74. The number of hydrogen-bond acceptors (Lipinski definition) is 3. The Kier molecular flexibility index (Phi) is 7.92. The molecule has 1 amide bonds. The minimum atomic E-state index is 0.224. The van der Waals surface area contributed by atoms with E-state index >= 15 is 0 Å². The molecule has 156 valence electrons. The zero-order valence-electron chi connectivity index (χ0n) is 18.1. The van der Waals surface area contributed by atoms with Crippen LogP contribution < -0.4 is 5.32 Å². The standard InChI is InChI=1S/C24H39N3O/c1-4-19(2)17-25-24(28)21-9-15-27(16-10-21)23-11-13-26(14-12-23)18-22-8-6-5-7-20(22)3/h5-8,19,21,23H,4,9-18H2,1-3H3,(H,25,28). The lowest BCUT2D eigenvalue weighted by Crippen LogP contribution is -2.49. The first-order chi connectivity index (χ1) is 13.6. The summed E-state index contributed by atoms with van der Waals surface area (Å²) in [5, 5.41) is 3.17. The Morgan fingerprint density at radius 2 is 1.79 bits per heavy atom. The molecule has 0 bridgehead atoms. The predicted octanol–water partition coefficient (Wildman–Crippen LogP) is 3.83. The van der Waals surface area contributed by atoms with Crippen LogP contribution in [0.3, 0.4) is 0 Å². The van der Waals surface area contributed by atoms with Gasteiger partial charge in [-0.15, -0.1) is 0 Å². The molecule has 2 aliphatic rings. The number of benzene rings is 1. The van der Waals surface area contributed by atoms with E-state index in [-0.39, 0.29) is 11.8 Å². The minimum Gasteiger partial charge on any atom is -0.356 e. The van der Waals surface area contributed by atoms with E-state index in [1.165, 1.54) is 37.1 Å². The predicted molar refractivity (Wildman–Crippen MR) is 116 cm³/mol. The van der Waals surface area contributed by atoms with Crippen molar-refractivity contribution in [3.8, 4) is 0 Å². The lowest BCUT2D eigenvalue weighted by atomic mass is 9.92. The van der Waals surface area contributed by atoms with Crippen molar-refractivity contribution >= 4 is 5.91 Å². The van der Waals surface area contributed by atoms with Gasteiger partial charge in [0.1, 0.15) is 0 Å². The van der Waals surface area contributed by atoms with Gasteiger partial charge >= 0.3 is 0 Å². The third kappa shape index (κ3) is 5.81. The Morgan fingerprint density at radius 1 is 1.11 bits per heavy atom. The van der Waals surface area contributed by atoms with Gasteiger partial charge in [-0.05, 0) is 75.8 Å². The summed E-state index contributed by atoms with van der Waals surface area (Å²) in [4.78, 5) is 17.7. The van der Waals surface area contributed by atoms with Gasteiger partial charge in [0.2, 0.25) is 5.91 Å². The third-order valence-electron chi connectivity index (χ3n) is 6.95. The van der Waals surface area contributed by atoms with E-state index < -0.39 is 0 Å². The Hall–Kier alpha value is -1.39. The summed E-state index contributed by atoms with van der Waals surface area (Å²) in [6, 6.07) is 9.46. The Balaban J connectivity index is 1.38. The normalized spacial score (nSPS) is 21.5. The monoisotopic (exact) mass is 385 g/mol. The zero-order chi connectivity index (χ0) is 19.9. The molecular weight excluding hydrogens is 346 g/mol. The van der Waals surface area contributed by atoms with E-state index in [9.17, 15) is 4.79 Å². The molecule has 1 aromatic carbocycles. The zero-order valence-corrected chi connectivity index (χ0v) is 18.1. The number of carbonyl (C=O) groups is 1. The first-order valence-electron chi connectivity index (χ1n) is 11.4. The minimum absolute atomic E-state index is 0.224. The number of likely N-dealkylation sites (tertiary alicyclic amines) is 2. The summed E-state index contributed by atoms with van der Waals surface area (Å²) in [5.74, 6) is 1.09. The highest BCUT2D eigenvalue weighted by atomic mass is 16.1. The molecule has 1 unspecified atom stereocenters. The number of nitrogens with zero attached hydrogens (tertiary/aromatic N) is 2. The number of carbonyl (C=O) groups excluding carboxylic acids is 1. The van der Waals surface area contributed by atoms with Crippen LogP contribution in [0.4, 0.5) is 0 Å². The third-order valence-corrected chi connectivity index (χ3v) is 6.95. The number of amides is 1. The van der Waals surface area contributed by atoms with Crippen LogP contribution in [0.15, 0.2) is 24.3 Å². The summed E-state index contributed by atoms with van der Waals surface area (Å²) in [6.07, 6.45) is 5.69. The van der Waals surface area contributed by atoms with Crippen molar-refractivity contribution in [1.29, 1.82) is 0 Å². The molecule has 4 nitrogen and oxygen atoms in total. The second-order valence-corrected chi connectivity index (χ2v) is 9.00. The number of piperidine rings is 2. The lowest BCUT2D eigenvalue weighted by Gasteiger charge is -2.41. The molecule has 2 aliphatic heterocycles. The largest absolute Gasteiger partial charge is 0.356 e.